The predicted molar refractivity (Wildman–Crippen MR) is 130 cm³/mol. The number of rotatable bonds is 6. The standard InChI is InChI=1S/C24H27F6N5O5S/c25-23(26,27)22(37,24(28,29)30)15-9-31-21(32-10-15)34-7-6-33(41(38,39)18-4-2-1-3-5-18)11-17(34)12-35-16-8-20(36)19(35)14-40-13-16/h1-5,9-10,16-17,19-20,36-37H,6-8,11-14H2/t16-,17+,19-,20-/m0/s1. The molecule has 0 radical (unpaired) electrons. The van der Waals surface area contributed by atoms with Crippen LogP contribution in [0.1, 0.15) is 12.0 Å². The maximum atomic E-state index is 13.4. The first-order valence-corrected chi connectivity index (χ1v) is 14.1. The molecule has 226 valence electrons. The topological polar surface area (TPSA) is 119 Å². The zero-order valence-electron chi connectivity index (χ0n) is 21.3. The van der Waals surface area contributed by atoms with E-state index in [1.165, 1.54) is 21.3 Å². The number of alkyl halides is 6. The van der Waals surface area contributed by atoms with Crippen LogP contribution in [0.3, 0.4) is 0 Å². The van der Waals surface area contributed by atoms with Crippen LogP contribution in [-0.4, -0.2) is 114 Å². The van der Waals surface area contributed by atoms with Gasteiger partial charge in [0.1, 0.15) is 0 Å². The number of aliphatic hydroxyl groups is 2. The highest BCUT2D eigenvalue weighted by molar-refractivity contribution is 7.89. The quantitative estimate of drug-likeness (QED) is 0.469. The third-order valence-corrected chi connectivity index (χ3v) is 9.71. The van der Waals surface area contributed by atoms with Crippen LogP contribution < -0.4 is 4.90 Å². The zero-order valence-corrected chi connectivity index (χ0v) is 22.1. The SMILES string of the molecule is O=S(=O)(c1ccccc1)N1CCN(c2ncc(C(O)(C(F)(F)F)C(F)(F)F)cn2)[C@@H](CN2[C@@H]3COC[C@H]2[C@@H](O)C3)C1. The van der Waals surface area contributed by atoms with Gasteiger partial charge in [0.15, 0.2) is 0 Å². The number of aliphatic hydroxyl groups excluding tert-OH is 1. The summed E-state index contributed by atoms with van der Waals surface area (Å²) in [7, 11) is -3.93. The van der Waals surface area contributed by atoms with E-state index in [0.29, 0.717) is 13.0 Å². The van der Waals surface area contributed by atoms with Gasteiger partial charge in [-0.2, -0.15) is 30.6 Å². The fraction of sp³-hybridized carbons (Fsp3) is 0.583. The van der Waals surface area contributed by atoms with E-state index in [-0.39, 0.29) is 68.1 Å². The van der Waals surface area contributed by atoms with E-state index in [4.69, 9.17) is 4.74 Å². The molecule has 3 aliphatic rings. The highest BCUT2D eigenvalue weighted by Gasteiger charge is 2.71. The zero-order chi connectivity index (χ0) is 29.8. The molecule has 0 amide bonds. The molecular formula is C24H27F6N5O5S. The summed E-state index contributed by atoms with van der Waals surface area (Å²) in [6, 6.07) is 6.48. The average molecular weight is 612 g/mol. The lowest BCUT2D eigenvalue weighted by molar-refractivity contribution is -0.376. The number of hydrogen-bond acceptors (Lipinski definition) is 9. The number of hydrogen-bond donors (Lipinski definition) is 2. The summed E-state index contributed by atoms with van der Waals surface area (Å²) in [5.41, 5.74) is -6.78. The van der Waals surface area contributed by atoms with Crippen LogP contribution in [0.15, 0.2) is 47.6 Å². The molecule has 2 N–H and O–H groups in total. The lowest BCUT2D eigenvalue weighted by atomic mass is 9.95. The maximum absolute atomic E-state index is 13.4. The molecule has 0 spiro atoms. The van der Waals surface area contributed by atoms with E-state index in [0.717, 1.165) is 0 Å². The summed E-state index contributed by atoms with van der Waals surface area (Å²) in [6.45, 7) is 0.592. The van der Waals surface area contributed by atoms with Crippen LogP contribution in [0, 0.1) is 0 Å². The Hall–Kier alpha value is -2.57. The predicted octanol–water partition coefficient (Wildman–Crippen LogP) is 1.50. The van der Waals surface area contributed by atoms with Gasteiger partial charge in [0.2, 0.25) is 16.0 Å². The third-order valence-electron chi connectivity index (χ3n) is 7.83. The number of sulfonamides is 1. The van der Waals surface area contributed by atoms with Crippen molar-refractivity contribution in [1.82, 2.24) is 19.2 Å². The number of fused-ring (bicyclic) bond motifs is 2. The molecule has 17 heteroatoms. The van der Waals surface area contributed by atoms with E-state index < -0.39 is 45.7 Å². The Morgan fingerprint density at radius 2 is 1.61 bits per heavy atom. The fourth-order valence-electron chi connectivity index (χ4n) is 5.64. The van der Waals surface area contributed by atoms with Gasteiger partial charge in [-0.15, -0.1) is 0 Å². The Morgan fingerprint density at radius 3 is 2.20 bits per heavy atom. The highest BCUT2D eigenvalue weighted by Crippen LogP contribution is 2.49. The number of nitrogens with zero attached hydrogens (tertiary/aromatic N) is 5. The molecule has 4 heterocycles. The van der Waals surface area contributed by atoms with Gasteiger partial charge < -0.3 is 19.8 Å². The van der Waals surface area contributed by atoms with Crippen molar-refractivity contribution in [2.75, 3.05) is 44.3 Å². The van der Waals surface area contributed by atoms with Crippen molar-refractivity contribution in [2.24, 2.45) is 0 Å². The molecule has 0 unspecified atom stereocenters. The van der Waals surface area contributed by atoms with Crippen LogP contribution in [0.5, 0.6) is 0 Å². The van der Waals surface area contributed by atoms with Crippen LogP contribution in [0.4, 0.5) is 32.3 Å². The van der Waals surface area contributed by atoms with Crippen LogP contribution >= 0.6 is 0 Å². The molecule has 4 atom stereocenters. The average Bonchev–Trinajstić information content (AvgIpc) is 3.08. The second kappa shape index (κ2) is 10.6. The number of ether oxygens (including phenoxy) is 1. The fourth-order valence-corrected chi connectivity index (χ4v) is 7.13. The summed E-state index contributed by atoms with van der Waals surface area (Å²) in [5.74, 6) is -0.233. The van der Waals surface area contributed by atoms with Crippen molar-refractivity contribution in [3.05, 3.63) is 48.3 Å². The summed E-state index contributed by atoms with van der Waals surface area (Å²) >= 11 is 0. The Labute approximate surface area is 231 Å². The van der Waals surface area contributed by atoms with Crippen LogP contribution in [0.2, 0.25) is 0 Å². The number of piperazine rings is 1. The lowest BCUT2D eigenvalue weighted by Crippen LogP contribution is -2.61. The summed E-state index contributed by atoms with van der Waals surface area (Å²) < 4.78 is 114. The van der Waals surface area contributed by atoms with Gasteiger partial charge >= 0.3 is 12.4 Å². The van der Waals surface area contributed by atoms with E-state index in [1.54, 1.807) is 18.2 Å². The second-order valence-corrected chi connectivity index (χ2v) is 12.2. The summed E-state index contributed by atoms with van der Waals surface area (Å²) in [5, 5.41) is 20.2. The molecule has 41 heavy (non-hydrogen) atoms. The molecule has 1 aromatic heterocycles. The minimum absolute atomic E-state index is 0.0267. The first kappa shape index (κ1) is 29.9. The monoisotopic (exact) mass is 611 g/mol. The number of benzene rings is 1. The van der Waals surface area contributed by atoms with Crippen molar-refractivity contribution in [3.63, 3.8) is 0 Å². The number of aromatic nitrogens is 2. The van der Waals surface area contributed by atoms with Crippen molar-refractivity contribution in [2.45, 2.75) is 53.5 Å². The minimum atomic E-state index is -6.09. The van der Waals surface area contributed by atoms with E-state index >= 15 is 0 Å². The van der Waals surface area contributed by atoms with E-state index in [9.17, 15) is 45.0 Å². The van der Waals surface area contributed by atoms with Crippen molar-refractivity contribution < 1.29 is 49.7 Å². The van der Waals surface area contributed by atoms with E-state index in [1.807, 2.05) is 4.90 Å². The molecule has 0 aliphatic carbocycles. The Bertz CT molecular complexity index is 1320. The largest absolute Gasteiger partial charge is 0.430 e. The first-order valence-electron chi connectivity index (χ1n) is 12.7. The Kier molecular flexibility index (Phi) is 7.74. The third kappa shape index (κ3) is 5.27. The molecule has 5 rings (SSSR count). The van der Waals surface area contributed by atoms with Gasteiger partial charge in [0.05, 0.1) is 36.3 Å². The van der Waals surface area contributed by atoms with Gasteiger partial charge in [-0.05, 0) is 18.6 Å². The summed E-state index contributed by atoms with van der Waals surface area (Å²) in [6.07, 6.45) is -11.9. The van der Waals surface area contributed by atoms with Gasteiger partial charge in [-0.1, -0.05) is 18.2 Å². The molecule has 1 aromatic carbocycles. The van der Waals surface area contributed by atoms with E-state index in [2.05, 4.69) is 9.97 Å². The summed E-state index contributed by atoms with van der Waals surface area (Å²) in [4.78, 5) is 11.1. The van der Waals surface area contributed by atoms with Gasteiger partial charge in [-0.3, -0.25) is 4.90 Å². The smallest absolute Gasteiger partial charge is 0.391 e. The van der Waals surface area contributed by atoms with Crippen LogP contribution in [0.25, 0.3) is 0 Å². The normalized spacial score (nSPS) is 26.9. The molecule has 3 saturated heterocycles. The molecule has 3 fully saturated rings. The van der Waals surface area contributed by atoms with Crippen molar-refractivity contribution in [1.29, 1.82) is 0 Å². The maximum Gasteiger partial charge on any atom is 0.430 e. The van der Waals surface area contributed by atoms with Gasteiger partial charge in [0.25, 0.3) is 5.60 Å². The van der Waals surface area contributed by atoms with Crippen molar-refractivity contribution >= 4 is 16.0 Å². The van der Waals surface area contributed by atoms with Gasteiger partial charge in [0, 0.05) is 50.2 Å². The molecule has 3 aliphatic heterocycles. The minimum Gasteiger partial charge on any atom is -0.391 e. The van der Waals surface area contributed by atoms with Crippen molar-refractivity contribution in [3.8, 4) is 0 Å². The first-order chi connectivity index (χ1) is 19.1. The lowest BCUT2D eigenvalue weighted by Gasteiger charge is -2.45. The highest BCUT2D eigenvalue weighted by atomic mass is 32.2. The molecule has 2 bridgehead atoms. The number of halogens is 6. The molecule has 2 aromatic rings. The number of morpholine rings is 1. The molecular weight excluding hydrogens is 584 g/mol. The second-order valence-electron chi connectivity index (χ2n) is 10.3. The Morgan fingerprint density at radius 1 is 0.976 bits per heavy atom. The van der Waals surface area contributed by atoms with Crippen LogP contribution in [-0.2, 0) is 20.4 Å². The molecule has 10 nitrogen and oxygen atoms in total. The van der Waals surface area contributed by atoms with Gasteiger partial charge in [-0.25, -0.2) is 18.4 Å². The molecule has 0 saturated carbocycles. The number of anilines is 1. The Balaban J connectivity index is 1.46.